The van der Waals surface area contributed by atoms with Crippen LogP contribution in [0.2, 0.25) is 0 Å². The fourth-order valence-corrected chi connectivity index (χ4v) is 1.94. The van der Waals surface area contributed by atoms with Crippen LogP contribution in [-0.2, 0) is 0 Å². The molecule has 90 valence electrons. The SMILES string of the molecule is C=CC(F)(F)C(CCCCC)C(C)(C)C. The minimum atomic E-state index is -2.74. The molecule has 0 aromatic carbocycles. The quantitative estimate of drug-likeness (QED) is 0.432. The van der Waals surface area contributed by atoms with Crippen molar-refractivity contribution in [3.8, 4) is 0 Å². The molecule has 0 aromatic heterocycles. The molecule has 0 heterocycles. The summed E-state index contributed by atoms with van der Waals surface area (Å²) >= 11 is 0. The highest BCUT2D eigenvalue weighted by molar-refractivity contribution is 4.97. The zero-order valence-electron chi connectivity index (χ0n) is 10.4. The molecule has 0 radical (unpaired) electrons. The summed E-state index contributed by atoms with van der Waals surface area (Å²) in [6, 6.07) is 0. The van der Waals surface area contributed by atoms with Crippen LogP contribution in [0.25, 0.3) is 0 Å². The van der Waals surface area contributed by atoms with E-state index in [1.807, 2.05) is 20.8 Å². The third-order valence-corrected chi connectivity index (χ3v) is 2.88. The Bertz CT molecular complexity index is 189. The first kappa shape index (κ1) is 14.6. The van der Waals surface area contributed by atoms with Gasteiger partial charge in [0.05, 0.1) is 0 Å². The third kappa shape index (κ3) is 4.76. The van der Waals surface area contributed by atoms with Gasteiger partial charge < -0.3 is 0 Å². The van der Waals surface area contributed by atoms with Gasteiger partial charge in [0.25, 0.3) is 5.92 Å². The van der Waals surface area contributed by atoms with Crippen LogP contribution in [0.3, 0.4) is 0 Å². The predicted molar refractivity (Wildman–Crippen MR) is 62.2 cm³/mol. The van der Waals surface area contributed by atoms with E-state index in [1.54, 1.807) is 0 Å². The second-order valence-corrected chi connectivity index (χ2v) is 5.29. The standard InChI is InChI=1S/C13H24F2/c1-6-8-9-10-11(12(3,4)5)13(14,15)7-2/h7,11H,2,6,8-10H2,1,3-5H3. The van der Waals surface area contributed by atoms with Gasteiger partial charge in [0.2, 0.25) is 0 Å². The van der Waals surface area contributed by atoms with Gasteiger partial charge in [-0.1, -0.05) is 53.5 Å². The van der Waals surface area contributed by atoms with E-state index in [4.69, 9.17) is 0 Å². The largest absolute Gasteiger partial charge is 0.269 e. The number of hydrogen-bond acceptors (Lipinski definition) is 0. The third-order valence-electron chi connectivity index (χ3n) is 2.88. The average Bonchev–Trinajstić information content (AvgIpc) is 2.10. The maximum atomic E-state index is 13.6. The van der Waals surface area contributed by atoms with E-state index in [0.29, 0.717) is 6.42 Å². The van der Waals surface area contributed by atoms with Crippen LogP contribution >= 0.6 is 0 Å². The zero-order valence-corrected chi connectivity index (χ0v) is 10.4. The van der Waals surface area contributed by atoms with E-state index < -0.39 is 11.8 Å². The van der Waals surface area contributed by atoms with Crippen molar-refractivity contribution >= 4 is 0 Å². The van der Waals surface area contributed by atoms with Crippen molar-refractivity contribution in [1.29, 1.82) is 0 Å². The van der Waals surface area contributed by atoms with Crippen molar-refractivity contribution in [2.24, 2.45) is 11.3 Å². The van der Waals surface area contributed by atoms with E-state index in [0.717, 1.165) is 25.3 Å². The number of unbranched alkanes of at least 4 members (excludes halogenated alkanes) is 2. The maximum absolute atomic E-state index is 13.6. The summed E-state index contributed by atoms with van der Waals surface area (Å²) < 4.78 is 27.2. The molecular formula is C13H24F2. The summed E-state index contributed by atoms with van der Waals surface area (Å²) in [4.78, 5) is 0. The molecule has 0 bridgehead atoms. The summed E-state index contributed by atoms with van der Waals surface area (Å²) in [5.74, 6) is -3.35. The molecule has 0 spiro atoms. The second kappa shape index (κ2) is 5.62. The molecule has 15 heavy (non-hydrogen) atoms. The molecule has 0 N–H and O–H groups in total. The minimum Gasteiger partial charge on any atom is -0.202 e. The molecule has 0 aliphatic rings. The Kier molecular flexibility index (Phi) is 5.47. The molecule has 0 rings (SSSR count). The van der Waals surface area contributed by atoms with Crippen molar-refractivity contribution in [1.82, 2.24) is 0 Å². The molecule has 1 unspecified atom stereocenters. The van der Waals surface area contributed by atoms with Crippen molar-refractivity contribution in [2.75, 3.05) is 0 Å². The molecule has 0 saturated heterocycles. The van der Waals surface area contributed by atoms with Crippen molar-refractivity contribution < 1.29 is 8.78 Å². The number of allylic oxidation sites excluding steroid dienone is 1. The lowest BCUT2D eigenvalue weighted by molar-refractivity contribution is -0.0604. The van der Waals surface area contributed by atoms with Crippen LogP contribution in [0.4, 0.5) is 8.78 Å². The molecule has 0 aliphatic heterocycles. The predicted octanol–water partition coefficient (Wildman–Crippen LogP) is 5.05. The monoisotopic (exact) mass is 218 g/mol. The zero-order chi connectivity index (χ0) is 12.1. The van der Waals surface area contributed by atoms with Crippen LogP contribution in [0.15, 0.2) is 12.7 Å². The normalized spacial score (nSPS) is 15.1. The lowest BCUT2D eigenvalue weighted by Crippen LogP contribution is -2.36. The summed E-state index contributed by atoms with van der Waals surface area (Å²) in [5, 5.41) is 0. The van der Waals surface area contributed by atoms with E-state index in [1.165, 1.54) is 0 Å². The van der Waals surface area contributed by atoms with Gasteiger partial charge in [-0.3, -0.25) is 0 Å². The Balaban J connectivity index is 4.53. The lowest BCUT2D eigenvalue weighted by Gasteiger charge is -2.35. The Morgan fingerprint density at radius 2 is 1.73 bits per heavy atom. The van der Waals surface area contributed by atoms with E-state index in [-0.39, 0.29) is 5.41 Å². The Morgan fingerprint density at radius 1 is 1.20 bits per heavy atom. The molecule has 1 atom stereocenters. The minimum absolute atomic E-state index is 0.370. The molecule has 0 nitrogen and oxygen atoms in total. The van der Waals surface area contributed by atoms with Crippen LogP contribution in [0.1, 0.15) is 53.4 Å². The number of alkyl halides is 2. The topological polar surface area (TPSA) is 0 Å². The first-order valence-corrected chi connectivity index (χ1v) is 5.77. The van der Waals surface area contributed by atoms with E-state index in [2.05, 4.69) is 13.5 Å². The van der Waals surface area contributed by atoms with Gasteiger partial charge in [-0.2, -0.15) is 0 Å². The fourth-order valence-electron chi connectivity index (χ4n) is 1.94. The Labute approximate surface area is 92.8 Å². The number of hydrogen-bond donors (Lipinski definition) is 0. The van der Waals surface area contributed by atoms with Crippen molar-refractivity contribution in [3.63, 3.8) is 0 Å². The summed E-state index contributed by atoms with van der Waals surface area (Å²) in [7, 11) is 0. The van der Waals surface area contributed by atoms with E-state index in [9.17, 15) is 8.78 Å². The lowest BCUT2D eigenvalue weighted by atomic mass is 9.74. The van der Waals surface area contributed by atoms with E-state index >= 15 is 0 Å². The molecule has 2 heteroatoms. The summed E-state index contributed by atoms with van der Waals surface area (Å²) in [6.07, 6.45) is 4.35. The molecule has 0 saturated carbocycles. The smallest absolute Gasteiger partial charge is 0.202 e. The fraction of sp³-hybridized carbons (Fsp3) is 0.846. The first-order valence-electron chi connectivity index (χ1n) is 5.77. The Hall–Kier alpha value is -0.400. The van der Waals surface area contributed by atoms with Gasteiger partial charge >= 0.3 is 0 Å². The van der Waals surface area contributed by atoms with Crippen LogP contribution in [-0.4, -0.2) is 5.92 Å². The summed E-state index contributed by atoms with van der Waals surface area (Å²) in [6.45, 7) is 11.0. The summed E-state index contributed by atoms with van der Waals surface area (Å²) in [5.41, 5.74) is -0.370. The van der Waals surface area contributed by atoms with Gasteiger partial charge in [-0.15, -0.1) is 0 Å². The molecule has 0 aromatic rings. The second-order valence-electron chi connectivity index (χ2n) is 5.29. The molecular weight excluding hydrogens is 194 g/mol. The molecule has 0 aliphatic carbocycles. The molecule has 0 fully saturated rings. The van der Waals surface area contributed by atoms with Gasteiger partial charge in [0, 0.05) is 5.92 Å². The average molecular weight is 218 g/mol. The highest BCUT2D eigenvalue weighted by Crippen LogP contribution is 2.42. The van der Waals surface area contributed by atoms with Crippen LogP contribution < -0.4 is 0 Å². The van der Waals surface area contributed by atoms with Gasteiger partial charge in [-0.05, 0) is 17.9 Å². The number of rotatable bonds is 6. The molecule has 0 amide bonds. The van der Waals surface area contributed by atoms with Crippen LogP contribution in [0, 0.1) is 11.3 Å². The van der Waals surface area contributed by atoms with Crippen LogP contribution in [0.5, 0.6) is 0 Å². The maximum Gasteiger partial charge on any atom is 0.269 e. The Morgan fingerprint density at radius 3 is 2.07 bits per heavy atom. The first-order chi connectivity index (χ1) is 6.75. The number of halogens is 2. The highest BCUT2D eigenvalue weighted by atomic mass is 19.3. The van der Waals surface area contributed by atoms with Crippen molar-refractivity contribution in [2.45, 2.75) is 59.3 Å². The highest BCUT2D eigenvalue weighted by Gasteiger charge is 2.42. The van der Waals surface area contributed by atoms with Gasteiger partial charge in [-0.25, -0.2) is 8.78 Å². The van der Waals surface area contributed by atoms with Gasteiger partial charge in [0.15, 0.2) is 0 Å². The van der Waals surface area contributed by atoms with Gasteiger partial charge in [0.1, 0.15) is 0 Å². The van der Waals surface area contributed by atoms with Crippen molar-refractivity contribution in [3.05, 3.63) is 12.7 Å².